The Bertz CT molecular complexity index is 184. The smallest absolute Gasteiger partial charge is 0.319 e. The molecule has 0 bridgehead atoms. The number of hydrogen-bond donors (Lipinski definition) is 1. The molecule has 1 fully saturated rings. The highest BCUT2D eigenvalue weighted by Crippen LogP contribution is 2.12. The highest BCUT2D eigenvalue weighted by molar-refractivity contribution is 5.85. The summed E-state index contributed by atoms with van der Waals surface area (Å²) in [6.45, 7) is 3.62. The molecular weight excluding hydrogens is 216 g/mol. The number of carbonyl (C=O) groups excluding carboxylic acids is 1. The summed E-state index contributed by atoms with van der Waals surface area (Å²) in [5, 5.41) is 3.33. The van der Waals surface area contributed by atoms with E-state index in [2.05, 4.69) is 10.1 Å². The number of hydrogen-bond acceptors (Lipinski definition) is 4. The first-order valence-corrected chi connectivity index (χ1v) is 5.18. The Labute approximate surface area is 97.8 Å². The average Bonchev–Trinajstić information content (AvgIpc) is 2.19. The van der Waals surface area contributed by atoms with Crippen LogP contribution in [-0.2, 0) is 9.53 Å². The summed E-state index contributed by atoms with van der Waals surface area (Å²) in [7, 11) is 3.40. The third-order valence-corrected chi connectivity index (χ3v) is 2.66. The van der Waals surface area contributed by atoms with Crippen molar-refractivity contribution in [1.29, 1.82) is 0 Å². The van der Waals surface area contributed by atoms with E-state index in [9.17, 15) is 4.79 Å². The van der Waals surface area contributed by atoms with Gasteiger partial charge in [0.25, 0.3) is 0 Å². The highest BCUT2D eigenvalue weighted by Gasteiger charge is 2.16. The topological polar surface area (TPSA) is 41.6 Å². The molecule has 0 spiro atoms. The molecule has 0 amide bonds. The van der Waals surface area contributed by atoms with Gasteiger partial charge in [0, 0.05) is 6.54 Å². The minimum Gasteiger partial charge on any atom is -0.468 e. The Morgan fingerprint density at radius 2 is 2.07 bits per heavy atom. The van der Waals surface area contributed by atoms with E-state index in [1.807, 2.05) is 11.9 Å². The quantitative estimate of drug-likeness (QED) is 0.723. The average molecular weight is 237 g/mol. The largest absolute Gasteiger partial charge is 0.468 e. The van der Waals surface area contributed by atoms with Crippen molar-refractivity contribution in [2.75, 3.05) is 40.3 Å². The molecule has 0 aromatic rings. The summed E-state index contributed by atoms with van der Waals surface area (Å²) in [5.74, 6) is 0.576. The first-order chi connectivity index (χ1) is 6.72. The number of nitrogens with zero attached hydrogens (tertiary/aromatic N) is 1. The molecule has 1 aliphatic heterocycles. The van der Waals surface area contributed by atoms with Gasteiger partial charge in [-0.3, -0.25) is 9.69 Å². The molecule has 4 nitrogen and oxygen atoms in total. The Morgan fingerprint density at radius 1 is 1.47 bits per heavy atom. The lowest BCUT2D eigenvalue weighted by Crippen LogP contribution is -2.36. The monoisotopic (exact) mass is 236 g/mol. The van der Waals surface area contributed by atoms with E-state index >= 15 is 0 Å². The Morgan fingerprint density at radius 3 is 2.60 bits per heavy atom. The lowest BCUT2D eigenvalue weighted by molar-refractivity contribution is -0.141. The molecule has 90 valence electrons. The zero-order valence-electron chi connectivity index (χ0n) is 9.49. The molecule has 1 N–H and O–H groups in total. The van der Waals surface area contributed by atoms with Crippen LogP contribution in [0.5, 0.6) is 0 Å². The molecule has 0 atom stereocenters. The van der Waals surface area contributed by atoms with E-state index in [4.69, 9.17) is 0 Å². The fourth-order valence-corrected chi connectivity index (χ4v) is 1.85. The van der Waals surface area contributed by atoms with Crippen LogP contribution in [-0.4, -0.2) is 51.2 Å². The van der Waals surface area contributed by atoms with Crippen LogP contribution in [0.3, 0.4) is 0 Å². The molecule has 0 aromatic heterocycles. The van der Waals surface area contributed by atoms with E-state index < -0.39 is 0 Å². The number of halogens is 1. The number of ether oxygens (including phenoxy) is 1. The summed E-state index contributed by atoms with van der Waals surface area (Å²) < 4.78 is 4.62. The van der Waals surface area contributed by atoms with Crippen molar-refractivity contribution < 1.29 is 9.53 Å². The van der Waals surface area contributed by atoms with Crippen molar-refractivity contribution in [3.8, 4) is 0 Å². The number of piperidine rings is 1. The molecule has 1 saturated heterocycles. The van der Waals surface area contributed by atoms with Crippen molar-refractivity contribution >= 4 is 18.4 Å². The van der Waals surface area contributed by atoms with Crippen LogP contribution in [0.2, 0.25) is 0 Å². The zero-order valence-corrected chi connectivity index (χ0v) is 10.3. The third kappa shape index (κ3) is 5.97. The number of rotatable bonds is 4. The van der Waals surface area contributed by atoms with Gasteiger partial charge in [-0.05, 0) is 38.9 Å². The Balaban J connectivity index is 0.00000196. The summed E-state index contributed by atoms with van der Waals surface area (Å²) in [4.78, 5) is 13.0. The van der Waals surface area contributed by atoms with Crippen molar-refractivity contribution in [3.05, 3.63) is 0 Å². The lowest BCUT2D eigenvalue weighted by atomic mass is 9.98. The lowest BCUT2D eigenvalue weighted by Gasteiger charge is -2.26. The predicted octanol–water partition coefficient (Wildman–Crippen LogP) is 0.513. The predicted molar refractivity (Wildman–Crippen MR) is 62.4 cm³/mol. The van der Waals surface area contributed by atoms with Crippen LogP contribution in [0.25, 0.3) is 0 Å². The molecule has 0 aliphatic carbocycles. The molecule has 0 saturated carbocycles. The van der Waals surface area contributed by atoms with Crippen LogP contribution in [0.4, 0.5) is 0 Å². The summed E-state index contributed by atoms with van der Waals surface area (Å²) in [6.07, 6.45) is 2.43. The van der Waals surface area contributed by atoms with Crippen LogP contribution in [0.15, 0.2) is 0 Å². The molecule has 0 aromatic carbocycles. The maximum atomic E-state index is 11.0. The maximum absolute atomic E-state index is 11.0. The van der Waals surface area contributed by atoms with Gasteiger partial charge in [0.15, 0.2) is 0 Å². The SMILES string of the molecule is COC(=O)CN(C)CC1CCNCC1.Cl. The van der Waals surface area contributed by atoms with Crippen LogP contribution in [0.1, 0.15) is 12.8 Å². The molecule has 1 heterocycles. The van der Waals surface area contributed by atoms with Gasteiger partial charge in [0.05, 0.1) is 13.7 Å². The second-order valence-corrected chi connectivity index (χ2v) is 3.97. The maximum Gasteiger partial charge on any atom is 0.319 e. The summed E-state index contributed by atoms with van der Waals surface area (Å²) in [5.41, 5.74) is 0. The molecular formula is C10H21ClN2O2. The van der Waals surface area contributed by atoms with E-state index in [0.29, 0.717) is 6.54 Å². The van der Waals surface area contributed by atoms with E-state index in [-0.39, 0.29) is 18.4 Å². The van der Waals surface area contributed by atoms with Crippen LogP contribution in [0, 0.1) is 5.92 Å². The normalized spacial score (nSPS) is 17.3. The minimum absolute atomic E-state index is 0. The Hall–Kier alpha value is -0.320. The third-order valence-electron chi connectivity index (χ3n) is 2.66. The van der Waals surface area contributed by atoms with Gasteiger partial charge in [-0.1, -0.05) is 0 Å². The van der Waals surface area contributed by atoms with Crippen LogP contribution < -0.4 is 5.32 Å². The molecule has 15 heavy (non-hydrogen) atoms. The first-order valence-electron chi connectivity index (χ1n) is 5.18. The second kappa shape index (κ2) is 7.91. The zero-order chi connectivity index (χ0) is 10.4. The molecule has 5 heteroatoms. The van der Waals surface area contributed by atoms with Crippen molar-refractivity contribution in [3.63, 3.8) is 0 Å². The fourth-order valence-electron chi connectivity index (χ4n) is 1.85. The number of nitrogens with one attached hydrogen (secondary N) is 1. The molecule has 1 rings (SSSR count). The number of esters is 1. The number of carbonyl (C=O) groups is 1. The number of likely N-dealkylation sites (N-methyl/N-ethyl adjacent to an activating group) is 1. The highest BCUT2D eigenvalue weighted by atomic mass is 35.5. The van der Waals surface area contributed by atoms with Gasteiger partial charge >= 0.3 is 5.97 Å². The van der Waals surface area contributed by atoms with Gasteiger partial charge in [0.2, 0.25) is 0 Å². The van der Waals surface area contributed by atoms with Crippen LogP contribution >= 0.6 is 12.4 Å². The standard InChI is InChI=1S/C10H20N2O2.ClH/c1-12(8-10(13)14-2)7-9-3-5-11-6-4-9;/h9,11H,3-8H2,1-2H3;1H. The number of methoxy groups -OCH3 is 1. The first kappa shape index (κ1) is 14.7. The van der Waals surface area contributed by atoms with Crippen molar-refractivity contribution in [2.24, 2.45) is 5.92 Å². The van der Waals surface area contributed by atoms with Crippen molar-refractivity contribution in [2.45, 2.75) is 12.8 Å². The molecule has 0 unspecified atom stereocenters. The van der Waals surface area contributed by atoms with Gasteiger partial charge in [-0.15, -0.1) is 12.4 Å². The molecule has 0 radical (unpaired) electrons. The second-order valence-electron chi connectivity index (χ2n) is 3.97. The molecule has 1 aliphatic rings. The van der Waals surface area contributed by atoms with Gasteiger partial charge in [0.1, 0.15) is 0 Å². The summed E-state index contributed by atoms with van der Waals surface area (Å²) >= 11 is 0. The van der Waals surface area contributed by atoms with E-state index in [1.54, 1.807) is 0 Å². The van der Waals surface area contributed by atoms with E-state index in [1.165, 1.54) is 20.0 Å². The summed E-state index contributed by atoms with van der Waals surface area (Å²) in [6, 6.07) is 0. The van der Waals surface area contributed by atoms with E-state index in [0.717, 1.165) is 25.6 Å². The van der Waals surface area contributed by atoms with Gasteiger partial charge in [-0.2, -0.15) is 0 Å². The van der Waals surface area contributed by atoms with Crippen molar-refractivity contribution in [1.82, 2.24) is 10.2 Å². The van der Waals surface area contributed by atoms with Gasteiger partial charge in [-0.25, -0.2) is 0 Å². The minimum atomic E-state index is -0.151. The fraction of sp³-hybridized carbons (Fsp3) is 0.900. The van der Waals surface area contributed by atoms with Gasteiger partial charge < -0.3 is 10.1 Å². The Kier molecular flexibility index (Phi) is 7.74.